The Morgan fingerprint density at radius 3 is 2.47 bits per heavy atom. The fraction of sp³-hybridized carbons (Fsp3) is 0.590. The van der Waals surface area contributed by atoms with E-state index in [0.29, 0.717) is 49.2 Å². The lowest BCUT2D eigenvalue weighted by atomic mass is 9.77. The molecule has 4 aliphatic rings. The highest BCUT2D eigenvalue weighted by atomic mass is 35.5. The summed E-state index contributed by atoms with van der Waals surface area (Å²) in [7, 11) is 0. The molecule has 2 atom stereocenters. The van der Waals surface area contributed by atoms with Crippen molar-refractivity contribution in [3.63, 3.8) is 0 Å². The molecule has 284 valence electrons. The SMILES string of the molecule is O=C1CCC(c2cccc(OCCCCCCCCOCC3(Nc4nc(N5CCC(c6ncc(Cl)cn6)CC5)nc5c4[S@+]([O-])CC5)CCC3)c2)C(=O)N1. The molecule has 0 radical (unpaired) electrons. The van der Waals surface area contributed by atoms with Gasteiger partial charge in [0, 0.05) is 50.8 Å². The van der Waals surface area contributed by atoms with Gasteiger partial charge in [-0.3, -0.25) is 14.9 Å². The lowest BCUT2D eigenvalue weighted by Crippen LogP contribution is -2.49. The molecule has 2 aromatic heterocycles. The van der Waals surface area contributed by atoms with Crippen molar-refractivity contribution < 1.29 is 23.6 Å². The standard InChI is InChI=1S/C39H50ClN7O5S/c40-29-24-41-35(42-25-29)27-13-18-47(19-14-27)38-43-32-15-22-53(50)34(32)36(45-38)46-39(16-8-17-39)26-51-20-5-3-1-2-4-6-21-52-30-10-7-9-28(23-30)31-11-12-33(48)44-37(31)49/h7,9-10,23-25,27,31H,1-6,8,11-22,26H2,(H,43,45,46)(H,44,48,49)/t31?,53-/m1/s1. The molecule has 2 saturated heterocycles. The van der Waals surface area contributed by atoms with E-state index < -0.39 is 11.2 Å². The molecule has 2 N–H and O–H groups in total. The summed E-state index contributed by atoms with van der Waals surface area (Å²) in [6, 6.07) is 7.67. The zero-order valence-corrected chi connectivity index (χ0v) is 31.9. The Kier molecular flexibility index (Phi) is 12.6. The first-order valence-electron chi connectivity index (χ1n) is 19.3. The molecule has 1 aliphatic carbocycles. The summed E-state index contributed by atoms with van der Waals surface area (Å²) in [5.41, 5.74) is 1.61. The molecular weight excluding hydrogens is 714 g/mol. The van der Waals surface area contributed by atoms with Crippen LogP contribution in [-0.2, 0) is 31.9 Å². The quantitative estimate of drug-likeness (QED) is 0.0910. The van der Waals surface area contributed by atoms with Crippen LogP contribution >= 0.6 is 11.6 Å². The van der Waals surface area contributed by atoms with E-state index in [2.05, 4.69) is 25.5 Å². The van der Waals surface area contributed by atoms with Crippen molar-refractivity contribution in [1.82, 2.24) is 25.3 Å². The number of nitrogens with zero attached hydrogens (tertiary/aromatic N) is 5. The maximum absolute atomic E-state index is 13.1. The minimum Gasteiger partial charge on any atom is -0.611 e. The summed E-state index contributed by atoms with van der Waals surface area (Å²) in [5, 5.41) is 6.72. The Morgan fingerprint density at radius 2 is 1.74 bits per heavy atom. The second-order valence-corrected chi connectivity index (χ2v) is 16.8. The van der Waals surface area contributed by atoms with E-state index in [4.69, 9.17) is 31.0 Å². The number of halogens is 1. The lowest BCUT2D eigenvalue weighted by Gasteiger charge is -2.43. The Bertz CT molecular complexity index is 1720. The first kappa shape index (κ1) is 37.8. The van der Waals surface area contributed by atoms with E-state index in [9.17, 15) is 14.1 Å². The summed E-state index contributed by atoms with van der Waals surface area (Å²) in [6.07, 6.45) is 16.4. The first-order chi connectivity index (χ1) is 25.9. The molecule has 3 aliphatic heterocycles. The van der Waals surface area contributed by atoms with Crippen molar-refractivity contribution in [2.45, 2.75) is 112 Å². The smallest absolute Gasteiger partial charge is 0.234 e. The molecule has 0 spiro atoms. The van der Waals surface area contributed by atoms with Crippen molar-refractivity contribution in [1.29, 1.82) is 0 Å². The van der Waals surface area contributed by atoms with Crippen molar-refractivity contribution in [2.24, 2.45) is 0 Å². The number of hydrogen-bond acceptors (Lipinski definition) is 11. The Balaban J connectivity index is 0.810. The number of nitrogens with one attached hydrogen (secondary N) is 2. The van der Waals surface area contributed by atoms with Crippen LogP contribution in [0.5, 0.6) is 5.75 Å². The van der Waals surface area contributed by atoms with E-state index in [1.807, 2.05) is 24.3 Å². The molecule has 3 fully saturated rings. The predicted octanol–water partition coefficient (Wildman–Crippen LogP) is 6.26. The molecule has 0 bridgehead atoms. The number of carbonyl (C=O) groups is 2. The van der Waals surface area contributed by atoms with Crippen LogP contribution in [-0.4, -0.2) is 80.5 Å². The molecule has 1 aromatic carbocycles. The molecule has 7 rings (SSSR count). The summed E-state index contributed by atoms with van der Waals surface area (Å²) < 4.78 is 25.3. The molecule has 1 saturated carbocycles. The summed E-state index contributed by atoms with van der Waals surface area (Å²) in [5.74, 6) is 3.18. The Morgan fingerprint density at radius 1 is 0.981 bits per heavy atom. The van der Waals surface area contributed by atoms with Crippen molar-refractivity contribution in [3.8, 4) is 5.75 Å². The van der Waals surface area contributed by atoms with Crippen LogP contribution in [0.1, 0.15) is 112 Å². The fourth-order valence-electron chi connectivity index (χ4n) is 7.74. The number of anilines is 2. The van der Waals surface area contributed by atoms with Crippen molar-refractivity contribution in [3.05, 3.63) is 58.8 Å². The maximum Gasteiger partial charge on any atom is 0.234 e. The van der Waals surface area contributed by atoms with Crippen LogP contribution in [0.2, 0.25) is 5.02 Å². The van der Waals surface area contributed by atoms with Gasteiger partial charge in [0.1, 0.15) is 23.0 Å². The van der Waals surface area contributed by atoms with Gasteiger partial charge >= 0.3 is 0 Å². The first-order valence-corrected chi connectivity index (χ1v) is 21.0. The zero-order chi connectivity index (χ0) is 36.6. The maximum atomic E-state index is 13.1. The van der Waals surface area contributed by atoms with Gasteiger partial charge < -0.3 is 24.2 Å². The van der Waals surface area contributed by atoms with Crippen LogP contribution in [0.4, 0.5) is 11.8 Å². The Hall–Kier alpha value is -3.52. The van der Waals surface area contributed by atoms with Crippen molar-refractivity contribution >= 4 is 46.4 Å². The number of ether oxygens (including phenoxy) is 2. The largest absolute Gasteiger partial charge is 0.611 e. The minimum atomic E-state index is -1.10. The van der Waals surface area contributed by atoms with Gasteiger partial charge in [0.25, 0.3) is 0 Å². The number of unbranched alkanes of at least 4 members (excludes halogenated alkanes) is 5. The number of rotatable bonds is 17. The monoisotopic (exact) mass is 763 g/mol. The molecule has 2 amide bonds. The number of imide groups is 1. The van der Waals surface area contributed by atoms with Gasteiger partial charge in [0.2, 0.25) is 22.7 Å². The average Bonchev–Trinajstić information content (AvgIpc) is 3.53. The zero-order valence-electron chi connectivity index (χ0n) is 30.3. The normalized spacial score (nSPS) is 21.2. The Labute approximate surface area is 319 Å². The van der Waals surface area contributed by atoms with Gasteiger partial charge in [-0.2, -0.15) is 4.98 Å². The lowest BCUT2D eigenvalue weighted by molar-refractivity contribution is -0.134. The topological polar surface area (TPSA) is 155 Å². The molecule has 14 heteroatoms. The van der Waals surface area contributed by atoms with Gasteiger partial charge in [-0.25, -0.2) is 15.0 Å². The molecular formula is C39H50ClN7O5S. The van der Waals surface area contributed by atoms with Crippen molar-refractivity contribution in [2.75, 3.05) is 48.9 Å². The molecule has 12 nitrogen and oxygen atoms in total. The second kappa shape index (κ2) is 17.7. The molecule has 53 heavy (non-hydrogen) atoms. The van der Waals surface area contributed by atoms with Gasteiger partial charge in [-0.15, -0.1) is 0 Å². The number of hydrogen-bond donors (Lipinski definition) is 2. The third-order valence-corrected chi connectivity index (χ3v) is 12.6. The molecule has 1 unspecified atom stereocenters. The number of carbonyl (C=O) groups excluding carboxylic acids is 2. The van der Waals surface area contributed by atoms with Crippen LogP contribution in [0, 0.1) is 0 Å². The minimum absolute atomic E-state index is 0.188. The number of fused-ring (bicyclic) bond motifs is 1. The van der Waals surface area contributed by atoms with E-state index >= 15 is 0 Å². The highest BCUT2D eigenvalue weighted by Crippen LogP contribution is 2.40. The molecule has 3 aromatic rings. The summed E-state index contributed by atoms with van der Waals surface area (Å²) in [6.45, 7) is 3.59. The highest BCUT2D eigenvalue weighted by molar-refractivity contribution is 7.91. The predicted molar refractivity (Wildman–Crippen MR) is 204 cm³/mol. The average molecular weight is 764 g/mol. The van der Waals surface area contributed by atoms with Crippen LogP contribution in [0.15, 0.2) is 41.6 Å². The van der Waals surface area contributed by atoms with Gasteiger partial charge in [-0.05, 0) is 80.2 Å². The highest BCUT2D eigenvalue weighted by Gasteiger charge is 2.41. The number of aromatic nitrogens is 4. The number of piperidine rings is 2. The fourth-order valence-corrected chi connectivity index (χ4v) is 9.15. The van der Waals surface area contributed by atoms with E-state index in [-0.39, 0.29) is 29.2 Å². The second-order valence-electron chi connectivity index (χ2n) is 14.8. The third-order valence-electron chi connectivity index (χ3n) is 11.0. The van der Waals surface area contributed by atoms with E-state index in [0.717, 1.165) is 124 Å². The van der Waals surface area contributed by atoms with Gasteiger partial charge in [0.15, 0.2) is 5.82 Å². The van der Waals surface area contributed by atoms with E-state index in [1.54, 1.807) is 12.4 Å². The summed E-state index contributed by atoms with van der Waals surface area (Å²) in [4.78, 5) is 45.5. The van der Waals surface area contributed by atoms with Gasteiger partial charge in [-0.1, -0.05) is 49.4 Å². The number of benzene rings is 1. The number of aryl methyl sites for hydroxylation is 1. The van der Waals surface area contributed by atoms with Crippen LogP contribution in [0.3, 0.4) is 0 Å². The van der Waals surface area contributed by atoms with E-state index in [1.165, 1.54) is 0 Å². The van der Waals surface area contributed by atoms with Gasteiger partial charge in [0.05, 0.1) is 29.7 Å². The molecule has 5 heterocycles. The van der Waals surface area contributed by atoms with Crippen LogP contribution in [0.25, 0.3) is 0 Å². The summed E-state index contributed by atoms with van der Waals surface area (Å²) >= 11 is 4.89. The third kappa shape index (κ3) is 9.59. The van der Waals surface area contributed by atoms with Crippen LogP contribution < -0.4 is 20.3 Å². The number of amides is 2.